The monoisotopic (exact) mass is 323 g/mol. The molecule has 0 saturated carbocycles. The third-order valence-electron chi connectivity index (χ3n) is 2.56. The molecule has 0 spiro atoms. The van der Waals surface area contributed by atoms with Gasteiger partial charge in [0.15, 0.2) is 0 Å². The summed E-state index contributed by atoms with van der Waals surface area (Å²) in [6.45, 7) is 2.88. The van der Waals surface area contributed by atoms with Gasteiger partial charge in [-0.15, -0.1) is 0 Å². The van der Waals surface area contributed by atoms with Gasteiger partial charge in [-0.25, -0.2) is 0 Å². The molecule has 92 valence electrons. The Balaban J connectivity index is 2.72. The molecule has 1 aromatic heterocycles. The average Bonchev–Trinajstić information content (AvgIpc) is 2.35. The maximum Gasteiger partial charge on any atom is 0.103 e. The van der Waals surface area contributed by atoms with Crippen molar-refractivity contribution in [3.8, 4) is 6.07 Å². The van der Waals surface area contributed by atoms with Gasteiger partial charge in [-0.1, -0.05) is 34.5 Å². The van der Waals surface area contributed by atoms with E-state index in [-0.39, 0.29) is 0 Å². The number of fused-ring (bicyclic) bond motifs is 1. The molecule has 5 heteroatoms. The van der Waals surface area contributed by atoms with Gasteiger partial charge in [0.25, 0.3) is 0 Å². The fourth-order valence-electron chi connectivity index (χ4n) is 1.75. The molecule has 0 radical (unpaired) electrons. The van der Waals surface area contributed by atoms with Crippen LogP contribution in [0.15, 0.2) is 22.8 Å². The molecule has 3 nitrogen and oxygen atoms in total. The van der Waals surface area contributed by atoms with Crippen LogP contribution in [0.4, 0.5) is 5.69 Å². The number of halogens is 2. The molecule has 0 aliphatic rings. The summed E-state index contributed by atoms with van der Waals surface area (Å²) < 4.78 is 0.872. The van der Waals surface area contributed by atoms with Crippen LogP contribution in [0.25, 0.3) is 10.9 Å². The van der Waals surface area contributed by atoms with Crippen molar-refractivity contribution in [1.29, 1.82) is 5.26 Å². The molecular weight excluding hydrogens is 314 g/mol. The predicted octanol–water partition coefficient (Wildman–Crippen LogP) is 4.34. The number of anilines is 1. The lowest BCUT2D eigenvalue weighted by Crippen LogP contribution is -2.03. The predicted molar refractivity (Wildman–Crippen MR) is 77.9 cm³/mol. The minimum atomic E-state index is 0.533. The molecule has 0 aliphatic heterocycles. The number of rotatable bonds is 3. The Morgan fingerprint density at radius 1 is 1.50 bits per heavy atom. The second-order valence-corrected chi connectivity index (χ2v) is 5.19. The Hall–Kier alpha value is -1.31. The van der Waals surface area contributed by atoms with Crippen LogP contribution in [0.1, 0.15) is 18.9 Å². The Morgan fingerprint density at radius 2 is 2.28 bits per heavy atom. The van der Waals surface area contributed by atoms with Crippen LogP contribution in [0.2, 0.25) is 5.02 Å². The molecule has 0 atom stereocenters. The van der Waals surface area contributed by atoms with Gasteiger partial charge in [-0.05, 0) is 18.6 Å². The molecule has 0 fully saturated rings. The maximum absolute atomic E-state index is 9.14. The van der Waals surface area contributed by atoms with Crippen molar-refractivity contribution in [3.05, 3.63) is 33.4 Å². The van der Waals surface area contributed by atoms with E-state index < -0.39 is 0 Å². The van der Waals surface area contributed by atoms with Crippen molar-refractivity contribution >= 4 is 44.1 Å². The first-order chi connectivity index (χ1) is 8.67. The van der Waals surface area contributed by atoms with Gasteiger partial charge in [0.05, 0.1) is 21.8 Å². The first-order valence-electron chi connectivity index (χ1n) is 5.59. The van der Waals surface area contributed by atoms with Crippen LogP contribution >= 0.6 is 27.5 Å². The highest BCUT2D eigenvalue weighted by Crippen LogP contribution is 2.33. The second kappa shape index (κ2) is 5.55. The van der Waals surface area contributed by atoms with E-state index in [4.69, 9.17) is 16.9 Å². The molecule has 0 amide bonds. The van der Waals surface area contributed by atoms with Gasteiger partial charge in [-0.2, -0.15) is 5.26 Å². The molecule has 2 rings (SSSR count). The summed E-state index contributed by atoms with van der Waals surface area (Å²) >= 11 is 9.57. The molecule has 0 bridgehead atoms. The van der Waals surface area contributed by atoms with E-state index in [1.807, 2.05) is 6.07 Å². The lowest BCUT2D eigenvalue weighted by atomic mass is 10.1. The van der Waals surface area contributed by atoms with Gasteiger partial charge in [0, 0.05) is 22.6 Å². The Labute approximate surface area is 119 Å². The van der Waals surface area contributed by atoms with E-state index in [2.05, 4.69) is 39.2 Å². The van der Waals surface area contributed by atoms with Crippen LogP contribution < -0.4 is 5.32 Å². The summed E-state index contributed by atoms with van der Waals surface area (Å²) in [5, 5.41) is 13.8. The van der Waals surface area contributed by atoms with Crippen LogP contribution in [-0.2, 0) is 0 Å². The molecule has 2 aromatic rings. The van der Waals surface area contributed by atoms with Crippen LogP contribution in [-0.4, -0.2) is 11.5 Å². The SMILES string of the molecule is CCCNc1c(C#N)cnc2c(Cl)cc(Br)cc12. The molecule has 1 N–H and O–H groups in total. The first kappa shape index (κ1) is 13.1. The fourth-order valence-corrected chi connectivity index (χ4v) is 2.61. The average molecular weight is 325 g/mol. The highest BCUT2D eigenvalue weighted by Gasteiger charge is 2.11. The van der Waals surface area contributed by atoms with Gasteiger partial charge in [0.1, 0.15) is 6.07 Å². The molecule has 18 heavy (non-hydrogen) atoms. The standard InChI is InChI=1S/C13H11BrClN3/c1-2-3-17-12-8(6-16)7-18-13-10(12)4-9(14)5-11(13)15/h4-5,7H,2-3H2,1H3,(H,17,18). The smallest absolute Gasteiger partial charge is 0.103 e. The number of pyridine rings is 1. The highest BCUT2D eigenvalue weighted by atomic mass is 79.9. The van der Waals surface area contributed by atoms with Crippen molar-refractivity contribution in [2.24, 2.45) is 0 Å². The molecule has 0 saturated heterocycles. The van der Waals surface area contributed by atoms with Crippen molar-refractivity contribution < 1.29 is 0 Å². The summed E-state index contributed by atoms with van der Waals surface area (Å²) in [6.07, 6.45) is 2.54. The molecule has 1 aromatic carbocycles. The highest BCUT2D eigenvalue weighted by molar-refractivity contribution is 9.10. The number of nitrogens with zero attached hydrogens (tertiary/aromatic N) is 2. The van der Waals surface area contributed by atoms with Gasteiger partial charge in [0.2, 0.25) is 0 Å². The molecular formula is C13H11BrClN3. The Bertz CT molecular complexity index is 634. The zero-order chi connectivity index (χ0) is 13.1. The van der Waals surface area contributed by atoms with Crippen molar-refractivity contribution in [2.45, 2.75) is 13.3 Å². The largest absolute Gasteiger partial charge is 0.383 e. The second-order valence-electron chi connectivity index (χ2n) is 3.87. The Kier molecular flexibility index (Phi) is 4.05. The topological polar surface area (TPSA) is 48.7 Å². The van der Waals surface area contributed by atoms with E-state index in [9.17, 15) is 0 Å². The van der Waals surface area contributed by atoms with Gasteiger partial charge >= 0.3 is 0 Å². The summed E-state index contributed by atoms with van der Waals surface area (Å²) in [4.78, 5) is 4.25. The third kappa shape index (κ3) is 2.43. The van der Waals surface area contributed by atoms with Crippen molar-refractivity contribution in [2.75, 3.05) is 11.9 Å². The van der Waals surface area contributed by atoms with Crippen molar-refractivity contribution in [3.63, 3.8) is 0 Å². The quantitative estimate of drug-likeness (QED) is 0.913. The fraction of sp³-hybridized carbons (Fsp3) is 0.231. The minimum absolute atomic E-state index is 0.533. The first-order valence-corrected chi connectivity index (χ1v) is 6.76. The van der Waals surface area contributed by atoms with E-state index in [0.717, 1.165) is 28.5 Å². The summed E-state index contributed by atoms with van der Waals surface area (Å²) in [7, 11) is 0. The van der Waals surface area contributed by atoms with E-state index >= 15 is 0 Å². The van der Waals surface area contributed by atoms with E-state index in [1.165, 1.54) is 0 Å². The summed E-state index contributed by atoms with van der Waals surface area (Å²) in [5.74, 6) is 0. The number of aromatic nitrogens is 1. The number of nitrogens with one attached hydrogen (secondary N) is 1. The van der Waals surface area contributed by atoms with Crippen molar-refractivity contribution in [1.82, 2.24) is 4.98 Å². The number of nitriles is 1. The number of hydrogen-bond acceptors (Lipinski definition) is 3. The van der Waals surface area contributed by atoms with Crippen LogP contribution in [0.5, 0.6) is 0 Å². The Morgan fingerprint density at radius 3 is 2.94 bits per heavy atom. The number of benzene rings is 1. The number of hydrogen-bond donors (Lipinski definition) is 1. The normalized spacial score (nSPS) is 10.3. The van der Waals surface area contributed by atoms with Crippen LogP contribution in [0.3, 0.4) is 0 Å². The zero-order valence-electron chi connectivity index (χ0n) is 9.80. The lowest BCUT2D eigenvalue weighted by molar-refractivity contribution is 0.980. The lowest BCUT2D eigenvalue weighted by Gasteiger charge is -2.11. The minimum Gasteiger partial charge on any atom is -0.383 e. The van der Waals surface area contributed by atoms with Crippen LogP contribution in [0, 0.1) is 11.3 Å². The third-order valence-corrected chi connectivity index (χ3v) is 3.31. The van der Waals surface area contributed by atoms with E-state index in [1.54, 1.807) is 12.3 Å². The summed E-state index contributed by atoms with van der Waals surface area (Å²) in [5.41, 5.74) is 2.04. The molecule has 0 aliphatic carbocycles. The van der Waals surface area contributed by atoms with Gasteiger partial charge in [-0.3, -0.25) is 4.98 Å². The van der Waals surface area contributed by atoms with E-state index in [0.29, 0.717) is 16.1 Å². The zero-order valence-corrected chi connectivity index (χ0v) is 12.1. The molecule has 0 unspecified atom stereocenters. The maximum atomic E-state index is 9.14. The van der Waals surface area contributed by atoms with Gasteiger partial charge < -0.3 is 5.32 Å². The molecule has 1 heterocycles. The summed E-state index contributed by atoms with van der Waals surface area (Å²) in [6, 6.07) is 5.87.